The van der Waals surface area contributed by atoms with Crippen molar-refractivity contribution in [1.82, 2.24) is 29.6 Å². The summed E-state index contributed by atoms with van der Waals surface area (Å²) in [6.45, 7) is 5.56. The number of hydrogen-bond donors (Lipinski definition) is 1. The van der Waals surface area contributed by atoms with E-state index < -0.39 is 17.4 Å². The van der Waals surface area contributed by atoms with Gasteiger partial charge in [0, 0.05) is 35.9 Å². The second-order valence-electron chi connectivity index (χ2n) is 12.3. The standard InChI is InChI=1S/C33H32ClFN6O5/c1-33(24-8-7-21(34)15-25(24)35)44-27-6-2-5-23(29(27)45-33)19-9-11-40(12-10-19)18-28-37-26-14-20(30-38-32(42)46-39-30)16-36-31(26)41(28)17-22-4-3-13-43-22/h2,5-8,14-16,19,22H,3-4,9-13,17-18H2,1H3,(H,38,39,42). The third-order valence-electron chi connectivity index (χ3n) is 9.21. The number of imidazole rings is 1. The van der Waals surface area contributed by atoms with Gasteiger partial charge < -0.3 is 18.8 Å². The molecule has 2 atom stereocenters. The van der Waals surface area contributed by atoms with Gasteiger partial charge in [0.15, 0.2) is 23.0 Å². The molecule has 0 aliphatic carbocycles. The summed E-state index contributed by atoms with van der Waals surface area (Å²) in [5.41, 5.74) is 3.50. The van der Waals surface area contributed by atoms with Crippen LogP contribution in [0.15, 0.2) is 58.0 Å². The van der Waals surface area contributed by atoms with Gasteiger partial charge in [0.25, 0.3) is 5.79 Å². The predicted octanol–water partition coefficient (Wildman–Crippen LogP) is 5.77. The van der Waals surface area contributed by atoms with Gasteiger partial charge in [-0.05, 0) is 75.0 Å². The summed E-state index contributed by atoms with van der Waals surface area (Å²) in [6.07, 6.45) is 5.67. The van der Waals surface area contributed by atoms with Crippen LogP contribution < -0.4 is 15.2 Å². The van der Waals surface area contributed by atoms with E-state index in [0.717, 1.165) is 67.9 Å². The number of aromatic amines is 1. The average Bonchev–Trinajstić information content (AvgIpc) is 3.84. The van der Waals surface area contributed by atoms with E-state index in [1.165, 1.54) is 6.07 Å². The molecule has 3 aliphatic heterocycles. The molecule has 0 spiro atoms. The van der Waals surface area contributed by atoms with Crippen LogP contribution in [0.3, 0.4) is 0 Å². The molecule has 2 fully saturated rings. The van der Waals surface area contributed by atoms with Crippen LogP contribution in [0.2, 0.25) is 5.02 Å². The summed E-state index contributed by atoms with van der Waals surface area (Å²) in [7, 11) is 0. The zero-order valence-corrected chi connectivity index (χ0v) is 25.9. The van der Waals surface area contributed by atoms with Crippen LogP contribution in [0.5, 0.6) is 11.5 Å². The zero-order chi connectivity index (χ0) is 31.4. The number of aromatic nitrogens is 5. The number of halogens is 2. The topological polar surface area (TPSA) is 121 Å². The Bertz CT molecular complexity index is 1980. The Hall–Kier alpha value is -4.26. The number of piperidine rings is 1. The number of H-pyrrole nitrogens is 1. The van der Waals surface area contributed by atoms with Crippen LogP contribution in [0.1, 0.15) is 55.5 Å². The van der Waals surface area contributed by atoms with E-state index in [1.807, 2.05) is 18.2 Å². The number of para-hydroxylation sites is 1. The Morgan fingerprint density at radius 3 is 2.76 bits per heavy atom. The number of likely N-dealkylation sites (tertiary alicyclic amines) is 1. The number of ether oxygens (including phenoxy) is 3. The highest BCUT2D eigenvalue weighted by Crippen LogP contribution is 2.50. The molecule has 238 valence electrons. The summed E-state index contributed by atoms with van der Waals surface area (Å²) >= 11 is 5.99. The largest absolute Gasteiger partial charge is 0.444 e. The normalized spacial score (nSPS) is 21.8. The van der Waals surface area contributed by atoms with Crippen molar-refractivity contribution < 1.29 is 23.1 Å². The highest BCUT2D eigenvalue weighted by molar-refractivity contribution is 6.30. The van der Waals surface area contributed by atoms with Crippen LogP contribution in [-0.2, 0) is 23.6 Å². The molecule has 11 nitrogen and oxygen atoms in total. The van der Waals surface area contributed by atoms with E-state index in [4.69, 9.17) is 35.8 Å². The molecule has 1 N–H and O–H groups in total. The van der Waals surface area contributed by atoms with Gasteiger partial charge in [-0.25, -0.2) is 19.2 Å². The minimum Gasteiger partial charge on any atom is -0.444 e. The van der Waals surface area contributed by atoms with Crippen molar-refractivity contribution in [3.63, 3.8) is 0 Å². The van der Waals surface area contributed by atoms with Crippen molar-refractivity contribution in [2.75, 3.05) is 19.7 Å². The maximum absolute atomic E-state index is 14.9. The van der Waals surface area contributed by atoms with Gasteiger partial charge in [0.2, 0.25) is 0 Å². The molecule has 0 saturated carbocycles. The minimum absolute atomic E-state index is 0.115. The molecule has 6 heterocycles. The molecule has 46 heavy (non-hydrogen) atoms. The van der Waals surface area contributed by atoms with Gasteiger partial charge in [0.05, 0.1) is 24.8 Å². The van der Waals surface area contributed by atoms with E-state index in [1.54, 1.807) is 25.3 Å². The number of rotatable bonds is 7. The highest BCUT2D eigenvalue weighted by atomic mass is 35.5. The molecular weight excluding hydrogens is 615 g/mol. The van der Waals surface area contributed by atoms with E-state index in [9.17, 15) is 9.18 Å². The number of benzene rings is 2. The fourth-order valence-electron chi connectivity index (χ4n) is 6.89. The molecule has 3 aliphatic rings. The van der Waals surface area contributed by atoms with E-state index in [2.05, 4.69) is 30.2 Å². The van der Waals surface area contributed by atoms with Crippen LogP contribution in [0, 0.1) is 5.82 Å². The molecule has 3 aromatic heterocycles. The number of fused-ring (bicyclic) bond motifs is 2. The van der Waals surface area contributed by atoms with Crippen LogP contribution in [0.4, 0.5) is 4.39 Å². The fraction of sp³-hybridized carbons (Fsp3) is 0.394. The van der Waals surface area contributed by atoms with E-state index >= 15 is 0 Å². The summed E-state index contributed by atoms with van der Waals surface area (Å²) in [6, 6.07) is 12.3. The lowest BCUT2D eigenvalue weighted by Gasteiger charge is -2.32. The summed E-state index contributed by atoms with van der Waals surface area (Å²) in [5.74, 6) is 0.402. The third-order valence-corrected chi connectivity index (χ3v) is 9.45. The van der Waals surface area contributed by atoms with E-state index in [-0.39, 0.29) is 12.0 Å². The van der Waals surface area contributed by atoms with Crippen LogP contribution in [0.25, 0.3) is 22.6 Å². The van der Waals surface area contributed by atoms with Gasteiger partial charge in [0.1, 0.15) is 17.2 Å². The van der Waals surface area contributed by atoms with Crippen molar-refractivity contribution in [1.29, 1.82) is 0 Å². The highest BCUT2D eigenvalue weighted by Gasteiger charge is 2.43. The molecule has 5 aromatic rings. The first-order chi connectivity index (χ1) is 22.3. The molecule has 0 amide bonds. The lowest BCUT2D eigenvalue weighted by Crippen LogP contribution is -2.34. The van der Waals surface area contributed by atoms with Gasteiger partial charge >= 0.3 is 5.76 Å². The second-order valence-corrected chi connectivity index (χ2v) is 12.7. The molecule has 0 bridgehead atoms. The zero-order valence-electron chi connectivity index (χ0n) is 25.2. The predicted molar refractivity (Wildman–Crippen MR) is 166 cm³/mol. The minimum atomic E-state index is -1.28. The Morgan fingerprint density at radius 2 is 2.00 bits per heavy atom. The maximum Gasteiger partial charge on any atom is 0.439 e. The number of pyridine rings is 1. The first kappa shape index (κ1) is 29.2. The van der Waals surface area contributed by atoms with Crippen molar-refractivity contribution >= 4 is 22.8 Å². The van der Waals surface area contributed by atoms with Gasteiger partial charge in [-0.3, -0.25) is 14.4 Å². The third kappa shape index (κ3) is 5.33. The summed E-state index contributed by atoms with van der Waals surface area (Å²) in [5, 5.41) is 4.12. The van der Waals surface area contributed by atoms with Crippen molar-refractivity contribution in [2.24, 2.45) is 0 Å². The monoisotopic (exact) mass is 646 g/mol. The first-order valence-corrected chi connectivity index (χ1v) is 15.9. The molecule has 0 radical (unpaired) electrons. The lowest BCUT2D eigenvalue weighted by atomic mass is 9.88. The molecular formula is C33H32ClFN6O5. The SMILES string of the molecule is CC1(c2ccc(Cl)cc2F)Oc2cccc(C3CCN(Cc4nc5cc(-c6noc(=O)[nH]6)cnc5n4CC4CCCO4)CC3)c2O1. The summed E-state index contributed by atoms with van der Waals surface area (Å²) in [4.78, 5) is 26.2. The van der Waals surface area contributed by atoms with Crippen LogP contribution in [-0.4, -0.2) is 55.4 Å². The van der Waals surface area contributed by atoms with Gasteiger partial charge in [-0.2, -0.15) is 0 Å². The Morgan fingerprint density at radius 1 is 1.13 bits per heavy atom. The molecule has 8 rings (SSSR count). The van der Waals surface area contributed by atoms with Gasteiger partial charge in [-0.15, -0.1) is 0 Å². The molecule has 2 aromatic carbocycles. The first-order valence-electron chi connectivity index (χ1n) is 15.5. The maximum atomic E-state index is 14.9. The molecule has 2 unspecified atom stereocenters. The molecule has 13 heteroatoms. The number of nitrogens with one attached hydrogen (secondary N) is 1. The van der Waals surface area contributed by atoms with Crippen LogP contribution >= 0.6 is 11.6 Å². The Balaban J connectivity index is 1.01. The van der Waals surface area contributed by atoms with E-state index in [0.29, 0.717) is 46.6 Å². The van der Waals surface area contributed by atoms with Crippen molar-refractivity contribution in [3.05, 3.63) is 87.0 Å². The van der Waals surface area contributed by atoms with Gasteiger partial charge in [-0.1, -0.05) is 28.9 Å². The summed E-state index contributed by atoms with van der Waals surface area (Å²) < 4.78 is 40.3. The van der Waals surface area contributed by atoms with Crippen molar-refractivity contribution in [2.45, 2.75) is 63.5 Å². The Labute approximate surface area is 268 Å². The second kappa shape index (κ2) is 11.5. The van der Waals surface area contributed by atoms with Crippen molar-refractivity contribution in [3.8, 4) is 22.9 Å². The number of nitrogens with zero attached hydrogens (tertiary/aromatic N) is 5. The average molecular weight is 647 g/mol. The number of hydrogen-bond acceptors (Lipinski definition) is 9. The Kier molecular flexibility index (Phi) is 7.30. The smallest absolute Gasteiger partial charge is 0.439 e. The quantitative estimate of drug-likeness (QED) is 0.235. The fourth-order valence-corrected chi connectivity index (χ4v) is 7.04. The molecule has 2 saturated heterocycles. The lowest BCUT2D eigenvalue weighted by molar-refractivity contribution is -0.0712.